The van der Waals surface area contributed by atoms with Crippen LogP contribution in [0.3, 0.4) is 0 Å². The van der Waals surface area contributed by atoms with E-state index in [4.69, 9.17) is 5.10 Å². The molecular weight excluding hydrogens is 362 g/mol. The number of nitrogens with zero attached hydrogens (tertiary/aromatic N) is 4. The molecule has 28 heavy (non-hydrogen) atoms. The van der Waals surface area contributed by atoms with E-state index in [0.29, 0.717) is 25.3 Å². The molecule has 0 saturated carbocycles. The lowest BCUT2D eigenvalue weighted by Crippen LogP contribution is -2.37. The van der Waals surface area contributed by atoms with Crippen LogP contribution in [0.15, 0.2) is 61.4 Å². The Bertz CT molecular complexity index is 1010. The van der Waals surface area contributed by atoms with Crippen LogP contribution in [0.1, 0.15) is 17.7 Å². The van der Waals surface area contributed by atoms with Gasteiger partial charge in [0.25, 0.3) is 6.43 Å². The molecule has 0 aliphatic carbocycles. The minimum atomic E-state index is -2.51. The van der Waals surface area contributed by atoms with Gasteiger partial charge < -0.3 is 4.90 Å². The standard InChI is InChI=1S/C21H18F2N4O/c1-2-18(28)26-11-12-27-17(13-26)19(14-7-9-24-10-8-14)20(25-27)15-3-5-16(6-4-15)21(22)23/h2-10,21H,1,11-13H2. The van der Waals surface area contributed by atoms with Crippen molar-refractivity contribution in [1.82, 2.24) is 19.7 Å². The van der Waals surface area contributed by atoms with Crippen molar-refractivity contribution in [3.8, 4) is 22.4 Å². The molecule has 0 radical (unpaired) electrons. The summed E-state index contributed by atoms with van der Waals surface area (Å²) >= 11 is 0. The van der Waals surface area contributed by atoms with E-state index in [-0.39, 0.29) is 11.5 Å². The van der Waals surface area contributed by atoms with E-state index in [2.05, 4.69) is 11.6 Å². The lowest BCUT2D eigenvalue weighted by atomic mass is 9.98. The van der Waals surface area contributed by atoms with Crippen LogP contribution in [0.4, 0.5) is 8.78 Å². The van der Waals surface area contributed by atoms with Crippen molar-refractivity contribution in [3.63, 3.8) is 0 Å². The summed E-state index contributed by atoms with van der Waals surface area (Å²) in [6.07, 6.45) is 2.18. The van der Waals surface area contributed by atoms with Gasteiger partial charge in [0.05, 0.1) is 18.8 Å². The Balaban J connectivity index is 1.84. The van der Waals surface area contributed by atoms with Gasteiger partial charge in [-0.15, -0.1) is 0 Å². The first-order chi connectivity index (χ1) is 13.6. The number of carbonyl (C=O) groups is 1. The minimum absolute atomic E-state index is 0.0269. The summed E-state index contributed by atoms with van der Waals surface area (Å²) < 4.78 is 27.7. The van der Waals surface area contributed by atoms with Gasteiger partial charge in [0.15, 0.2) is 0 Å². The number of benzene rings is 1. The molecule has 0 atom stereocenters. The molecule has 0 saturated heterocycles. The molecule has 0 unspecified atom stereocenters. The van der Waals surface area contributed by atoms with Gasteiger partial charge in [0.2, 0.25) is 5.91 Å². The lowest BCUT2D eigenvalue weighted by Gasteiger charge is -2.27. The molecule has 7 heteroatoms. The van der Waals surface area contributed by atoms with Gasteiger partial charge in [-0.1, -0.05) is 30.8 Å². The highest BCUT2D eigenvalue weighted by molar-refractivity contribution is 5.88. The van der Waals surface area contributed by atoms with Crippen LogP contribution < -0.4 is 0 Å². The first kappa shape index (κ1) is 18.0. The number of hydrogen-bond acceptors (Lipinski definition) is 3. The molecule has 3 aromatic rings. The van der Waals surface area contributed by atoms with Crippen molar-refractivity contribution in [2.75, 3.05) is 6.54 Å². The second kappa shape index (κ2) is 7.34. The predicted molar refractivity (Wildman–Crippen MR) is 101 cm³/mol. The van der Waals surface area contributed by atoms with Crippen molar-refractivity contribution in [3.05, 3.63) is 72.7 Å². The van der Waals surface area contributed by atoms with Crippen LogP contribution in [-0.2, 0) is 17.9 Å². The quantitative estimate of drug-likeness (QED) is 0.641. The van der Waals surface area contributed by atoms with E-state index in [1.807, 2.05) is 16.8 Å². The highest BCUT2D eigenvalue weighted by Crippen LogP contribution is 2.36. The third kappa shape index (κ3) is 3.19. The fourth-order valence-electron chi connectivity index (χ4n) is 3.45. The number of fused-ring (bicyclic) bond motifs is 1. The zero-order valence-corrected chi connectivity index (χ0v) is 15.1. The molecule has 0 N–H and O–H groups in total. The SMILES string of the molecule is C=CC(=O)N1CCn2nc(-c3ccc(C(F)F)cc3)c(-c3ccncc3)c2C1. The Hall–Kier alpha value is -3.35. The van der Waals surface area contributed by atoms with E-state index in [1.165, 1.54) is 18.2 Å². The molecule has 1 aliphatic heterocycles. The largest absolute Gasteiger partial charge is 0.331 e. The highest BCUT2D eigenvalue weighted by atomic mass is 19.3. The van der Waals surface area contributed by atoms with Crippen LogP contribution in [0.5, 0.6) is 0 Å². The zero-order valence-electron chi connectivity index (χ0n) is 15.1. The van der Waals surface area contributed by atoms with Crippen molar-refractivity contribution in [2.45, 2.75) is 19.5 Å². The second-order valence-corrected chi connectivity index (χ2v) is 6.52. The minimum Gasteiger partial charge on any atom is -0.331 e. The summed E-state index contributed by atoms with van der Waals surface area (Å²) in [5.41, 5.74) is 4.13. The summed E-state index contributed by atoms with van der Waals surface area (Å²) in [4.78, 5) is 17.9. The molecular formula is C21H18F2N4O. The first-order valence-electron chi connectivity index (χ1n) is 8.88. The number of rotatable bonds is 4. The maximum absolute atomic E-state index is 12.9. The number of aromatic nitrogens is 3. The van der Waals surface area contributed by atoms with E-state index < -0.39 is 6.43 Å². The normalized spacial score (nSPS) is 13.5. The number of carbonyl (C=O) groups excluding carboxylic acids is 1. The molecule has 3 heterocycles. The molecule has 1 amide bonds. The molecule has 0 bridgehead atoms. The number of amides is 1. The monoisotopic (exact) mass is 380 g/mol. The predicted octanol–water partition coefficient (Wildman–Crippen LogP) is 4.08. The van der Waals surface area contributed by atoms with Gasteiger partial charge >= 0.3 is 0 Å². The van der Waals surface area contributed by atoms with Gasteiger partial charge in [-0.05, 0) is 23.8 Å². The van der Waals surface area contributed by atoms with E-state index in [1.54, 1.807) is 29.4 Å². The van der Waals surface area contributed by atoms with E-state index in [9.17, 15) is 13.6 Å². The second-order valence-electron chi connectivity index (χ2n) is 6.52. The fourth-order valence-corrected chi connectivity index (χ4v) is 3.45. The zero-order chi connectivity index (χ0) is 19.7. The van der Waals surface area contributed by atoms with Crippen molar-refractivity contribution < 1.29 is 13.6 Å². The molecule has 5 nitrogen and oxygen atoms in total. The Kier molecular flexibility index (Phi) is 4.73. The topological polar surface area (TPSA) is 51.0 Å². The number of pyridine rings is 1. The van der Waals surface area contributed by atoms with Crippen LogP contribution in [0.2, 0.25) is 0 Å². The summed E-state index contributed by atoms with van der Waals surface area (Å²) in [6.45, 7) is 5.07. The van der Waals surface area contributed by atoms with E-state index >= 15 is 0 Å². The van der Waals surface area contributed by atoms with Gasteiger partial charge in [-0.3, -0.25) is 14.5 Å². The number of alkyl halides is 2. The summed E-state index contributed by atoms with van der Waals surface area (Å²) in [6, 6.07) is 9.91. The van der Waals surface area contributed by atoms with E-state index in [0.717, 1.165) is 22.4 Å². The number of halogens is 2. The average Bonchev–Trinajstić information content (AvgIpc) is 3.12. The Morgan fingerprint density at radius 1 is 1.07 bits per heavy atom. The molecule has 2 aromatic heterocycles. The van der Waals surface area contributed by atoms with Crippen LogP contribution in [-0.4, -0.2) is 32.1 Å². The molecule has 0 fully saturated rings. The van der Waals surface area contributed by atoms with Crippen molar-refractivity contribution >= 4 is 5.91 Å². The molecule has 142 valence electrons. The third-order valence-electron chi connectivity index (χ3n) is 4.87. The Morgan fingerprint density at radius 3 is 2.43 bits per heavy atom. The number of hydrogen-bond donors (Lipinski definition) is 0. The summed E-state index contributed by atoms with van der Waals surface area (Å²) in [5.74, 6) is -0.129. The summed E-state index contributed by atoms with van der Waals surface area (Å²) in [5, 5.41) is 4.74. The van der Waals surface area contributed by atoms with Gasteiger partial charge in [0.1, 0.15) is 5.69 Å². The Morgan fingerprint density at radius 2 is 1.79 bits per heavy atom. The summed E-state index contributed by atoms with van der Waals surface area (Å²) in [7, 11) is 0. The van der Waals surface area contributed by atoms with Gasteiger partial charge in [-0.25, -0.2) is 8.78 Å². The van der Waals surface area contributed by atoms with Crippen LogP contribution in [0.25, 0.3) is 22.4 Å². The maximum atomic E-state index is 12.9. The Labute approximate surface area is 160 Å². The van der Waals surface area contributed by atoms with Gasteiger partial charge in [0, 0.05) is 35.6 Å². The molecule has 0 spiro atoms. The first-order valence-corrected chi connectivity index (χ1v) is 8.88. The van der Waals surface area contributed by atoms with Crippen LogP contribution in [0, 0.1) is 0 Å². The van der Waals surface area contributed by atoms with Crippen molar-refractivity contribution in [2.24, 2.45) is 0 Å². The van der Waals surface area contributed by atoms with Crippen molar-refractivity contribution in [1.29, 1.82) is 0 Å². The average molecular weight is 380 g/mol. The fraction of sp³-hybridized carbons (Fsp3) is 0.190. The lowest BCUT2D eigenvalue weighted by molar-refractivity contribution is -0.127. The molecule has 1 aliphatic rings. The third-order valence-corrected chi connectivity index (χ3v) is 4.87. The smallest absolute Gasteiger partial charge is 0.263 e. The highest BCUT2D eigenvalue weighted by Gasteiger charge is 2.27. The van der Waals surface area contributed by atoms with Gasteiger partial charge in [-0.2, -0.15) is 5.10 Å². The van der Waals surface area contributed by atoms with Crippen LogP contribution >= 0.6 is 0 Å². The maximum Gasteiger partial charge on any atom is 0.263 e. The molecule has 1 aromatic carbocycles. The molecule has 4 rings (SSSR count).